The van der Waals surface area contributed by atoms with Crippen molar-refractivity contribution in [3.05, 3.63) is 59.2 Å². The number of carbonyl (C=O) groups is 1. The molecular weight excluding hydrogens is 381 g/mol. The summed E-state index contributed by atoms with van der Waals surface area (Å²) < 4.78 is 46.4. The molecule has 2 aromatic carbocycles. The van der Waals surface area contributed by atoms with Crippen molar-refractivity contribution in [3.63, 3.8) is 0 Å². The van der Waals surface area contributed by atoms with Crippen LogP contribution in [0.3, 0.4) is 0 Å². The number of likely N-dealkylation sites (N-methyl/N-ethyl adjacent to an activating group) is 1. The normalized spacial score (nSPS) is 17.3. The van der Waals surface area contributed by atoms with Crippen molar-refractivity contribution in [3.8, 4) is 5.75 Å². The van der Waals surface area contributed by atoms with Crippen LogP contribution < -0.4 is 9.64 Å². The zero-order valence-corrected chi connectivity index (χ0v) is 16.8. The third kappa shape index (κ3) is 4.72. The molecule has 156 valence electrons. The first-order valence-corrected chi connectivity index (χ1v) is 9.49. The minimum atomic E-state index is -4.48. The molecule has 1 aliphatic rings. The van der Waals surface area contributed by atoms with Gasteiger partial charge >= 0.3 is 6.18 Å². The van der Waals surface area contributed by atoms with Gasteiger partial charge in [-0.15, -0.1) is 0 Å². The lowest BCUT2D eigenvalue weighted by Gasteiger charge is -2.26. The molecule has 0 bridgehead atoms. The third-order valence-electron chi connectivity index (χ3n) is 5.28. The van der Waals surface area contributed by atoms with Gasteiger partial charge in [0.05, 0.1) is 12.7 Å². The molecule has 3 rings (SSSR count). The van der Waals surface area contributed by atoms with E-state index in [-0.39, 0.29) is 30.2 Å². The van der Waals surface area contributed by atoms with E-state index in [1.54, 1.807) is 25.3 Å². The number of hydrogen-bond donors (Lipinski definition) is 0. The summed E-state index contributed by atoms with van der Waals surface area (Å²) in [6, 6.07) is 11.3. The molecule has 0 radical (unpaired) electrons. The van der Waals surface area contributed by atoms with Crippen molar-refractivity contribution in [2.45, 2.75) is 24.9 Å². The Balaban J connectivity index is 2.06. The summed E-state index contributed by atoms with van der Waals surface area (Å²) in [6.45, 7) is 0.907. The molecule has 0 saturated carbocycles. The maximum atomic E-state index is 13.7. The summed E-state index contributed by atoms with van der Waals surface area (Å²) in [4.78, 5) is 16.5. The molecule has 0 spiro atoms. The zero-order chi connectivity index (χ0) is 21.2. The van der Waals surface area contributed by atoms with E-state index >= 15 is 0 Å². The smallest absolute Gasteiger partial charge is 0.416 e. The lowest BCUT2D eigenvalue weighted by molar-refractivity contribution is -0.138. The topological polar surface area (TPSA) is 32.8 Å². The number of hydrogen-bond acceptors (Lipinski definition) is 3. The van der Waals surface area contributed by atoms with Gasteiger partial charge in [0.25, 0.3) is 0 Å². The van der Waals surface area contributed by atoms with Gasteiger partial charge < -0.3 is 14.5 Å². The molecule has 1 amide bonds. The van der Waals surface area contributed by atoms with Crippen molar-refractivity contribution in [1.29, 1.82) is 0 Å². The van der Waals surface area contributed by atoms with E-state index in [1.165, 1.54) is 11.0 Å². The van der Waals surface area contributed by atoms with E-state index in [1.807, 2.05) is 31.1 Å². The van der Waals surface area contributed by atoms with E-state index in [0.717, 1.165) is 11.6 Å². The number of anilines is 1. The minimum Gasteiger partial charge on any atom is -0.497 e. The Bertz CT molecular complexity index is 863. The number of nitrogens with zero attached hydrogens (tertiary/aromatic N) is 2. The van der Waals surface area contributed by atoms with Gasteiger partial charge in [-0.25, -0.2) is 0 Å². The number of halogens is 3. The molecule has 4 nitrogen and oxygen atoms in total. The molecular formula is C22H25F3N2O2. The van der Waals surface area contributed by atoms with Gasteiger partial charge in [-0.05, 0) is 61.8 Å². The summed E-state index contributed by atoms with van der Waals surface area (Å²) >= 11 is 0. The fraction of sp³-hybridized carbons (Fsp3) is 0.409. The van der Waals surface area contributed by atoms with Crippen LogP contribution in [0.4, 0.5) is 18.9 Å². The Kier molecular flexibility index (Phi) is 6.17. The number of ether oxygens (including phenoxy) is 1. The van der Waals surface area contributed by atoms with Crippen LogP contribution in [0.2, 0.25) is 0 Å². The number of methoxy groups -OCH3 is 1. The summed E-state index contributed by atoms with van der Waals surface area (Å²) in [5.41, 5.74) is 0.711. The van der Waals surface area contributed by atoms with Crippen LogP contribution in [-0.2, 0) is 17.4 Å². The molecule has 1 aliphatic heterocycles. The monoisotopic (exact) mass is 406 g/mol. The fourth-order valence-electron chi connectivity index (χ4n) is 3.74. The number of carbonyl (C=O) groups excluding carboxylic acids is 1. The van der Waals surface area contributed by atoms with E-state index < -0.39 is 11.7 Å². The predicted octanol–water partition coefficient (Wildman–Crippen LogP) is 4.34. The lowest BCUT2D eigenvalue weighted by atomic mass is 9.88. The first-order valence-electron chi connectivity index (χ1n) is 9.49. The largest absolute Gasteiger partial charge is 0.497 e. The van der Waals surface area contributed by atoms with Gasteiger partial charge in [-0.3, -0.25) is 4.79 Å². The number of alkyl halides is 3. The highest BCUT2D eigenvalue weighted by Gasteiger charge is 2.38. The zero-order valence-electron chi connectivity index (χ0n) is 16.8. The van der Waals surface area contributed by atoms with Crippen LogP contribution in [0.15, 0.2) is 42.5 Å². The van der Waals surface area contributed by atoms with Gasteiger partial charge in [-0.1, -0.05) is 18.2 Å². The number of amides is 1. The SMILES string of the molecule is COc1ccc([C@H]2CC(=O)N(CCN(C)C)c3cccc(C(F)(F)F)c3C2)cc1. The second kappa shape index (κ2) is 8.45. The third-order valence-corrected chi connectivity index (χ3v) is 5.28. The van der Waals surface area contributed by atoms with Crippen molar-refractivity contribution in [2.75, 3.05) is 39.2 Å². The highest BCUT2D eigenvalue weighted by molar-refractivity contribution is 5.96. The molecule has 0 aromatic heterocycles. The Labute approximate surface area is 168 Å². The molecule has 0 N–H and O–H groups in total. The molecule has 1 atom stereocenters. The van der Waals surface area contributed by atoms with Gasteiger partial charge in [0.15, 0.2) is 0 Å². The summed E-state index contributed by atoms with van der Waals surface area (Å²) in [7, 11) is 5.30. The number of rotatable bonds is 5. The molecule has 7 heteroatoms. The van der Waals surface area contributed by atoms with E-state index in [2.05, 4.69) is 0 Å². The van der Waals surface area contributed by atoms with Crippen molar-refractivity contribution in [1.82, 2.24) is 4.90 Å². The Morgan fingerprint density at radius 1 is 1.10 bits per heavy atom. The van der Waals surface area contributed by atoms with Crippen LogP contribution in [0.5, 0.6) is 5.75 Å². The molecule has 0 unspecified atom stereocenters. The molecule has 1 heterocycles. The quantitative estimate of drug-likeness (QED) is 0.741. The maximum absolute atomic E-state index is 13.7. The Hall–Kier alpha value is -2.54. The summed E-state index contributed by atoms with van der Waals surface area (Å²) in [5.74, 6) is 0.170. The average Bonchev–Trinajstić information content (AvgIpc) is 2.81. The number of fused-ring (bicyclic) bond motifs is 1. The average molecular weight is 406 g/mol. The minimum absolute atomic E-state index is 0.154. The summed E-state index contributed by atoms with van der Waals surface area (Å²) in [6.07, 6.45) is -4.16. The molecule has 0 fully saturated rings. The van der Waals surface area contributed by atoms with Gasteiger partial charge in [0.2, 0.25) is 5.91 Å². The van der Waals surface area contributed by atoms with Crippen LogP contribution >= 0.6 is 0 Å². The van der Waals surface area contributed by atoms with Crippen LogP contribution in [0.25, 0.3) is 0 Å². The Morgan fingerprint density at radius 3 is 2.38 bits per heavy atom. The maximum Gasteiger partial charge on any atom is 0.416 e. The highest BCUT2D eigenvalue weighted by Crippen LogP contribution is 2.42. The van der Waals surface area contributed by atoms with Gasteiger partial charge in [0.1, 0.15) is 5.75 Å². The summed E-state index contributed by atoms with van der Waals surface area (Å²) in [5, 5.41) is 0. The second-order valence-electron chi connectivity index (χ2n) is 7.53. The van der Waals surface area contributed by atoms with Crippen LogP contribution in [0, 0.1) is 0 Å². The van der Waals surface area contributed by atoms with Gasteiger partial charge in [-0.2, -0.15) is 13.2 Å². The van der Waals surface area contributed by atoms with Crippen molar-refractivity contribution in [2.24, 2.45) is 0 Å². The molecule has 0 aliphatic carbocycles. The number of benzene rings is 2. The second-order valence-corrected chi connectivity index (χ2v) is 7.53. The predicted molar refractivity (Wildman–Crippen MR) is 106 cm³/mol. The van der Waals surface area contributed by atoms with Crippen molar-refractivity contribution < 1.29 is 22.7 Å². The lowest BCUT2D eigenvalue weighted by Crippen LogP contribution is -2.36. The van der Waals surface area contributed by atoms with Crippen LogP contribution in [0.1, 0.15) is 29.0 Å². The molecule has 29 heavy (non-hydrogen) atoms. The molecule has 2 aromatic rings. The first-order chi connectivity index (χ1) is 13.7. The van der Waals surface area contributed by atoms with Crippen LogP contribution in [-0.4, -0.2) is 45.1 Å². The van der Waals surface area contributed by atoms with E-state index in [0.29, 0.717) is 24.5 Å². The highest BCUT2D eigenvalue weighted by atomic mass is 19.4. The fourth-order valence-corrected chi connectivity index (χ4v) is 3.74. The Morgan fingerprint density at radius 2 is 1.79 bits per heavy atom. The standard InChI is InChI=1S/C22H25F3N2O2/c1-26(2)11-12-27-20-6-4-5-19(22(23,24)25)18(20)13-16(14-21(27)28)15-7-9-17(29-3)10-8-15/h4-10,16H,11-14H2,1-3H3/t16-/m1/s1. The molecule has 0 saturated heterocycles. The van der Waals surface area contributed by atoms with E-state index in [9.17, 15) is 18.0 Å². The van der Waals surface area contributed by atoms with Crippen molar-refractivity contribution >= 4 is 11.6 Å². The van der Waals surface area contributed by atoms with E-state index in [4.69, 9.17) is 4.74 Å². The first kappa shape index (κ1) is 21.2. The van der Waals surface area contributed by atoms with Gasteiger partial charge in [0, 0.05) is 25.2 Å².